The molecular weight excluding hydrogens is 470 g/mol. The molecule has 36 heavy (non-hydrogen) atoms. The fourth-order valence-corrected chi connectivity index (χ4v) is 6.00. The van der Waals surface area contributed by atoms with E-state index in [2.05, 4.69) is 0 Å². The van der Waals surface area contributed by atoms with Crippen molar-refractivity contribution in [1.82, 2.24) is 19.5 Å². The first-order valence-electron chi connectivity index (χ1n) is 12.2. The summed E-state index contributed by atoms with van der Waals surface area (Å²) in [6.07, 6.45) is 3.70. The van der Waals surface area contributed by atoms with Crippen LogP contribution in [0.2, 0.25) is 0 Å². The van der Waals surface area contributed by atoms with Crippen LogP contribution in [0.5, 0.6) is 5.75 Å². The third kappa shape index (κ3) is 3.57. The van der Waals surface area contributed by atoms with Crippen molar-refractivity contribution in [3.05, 3.63) is 58.5 Å². The predicted octanol–water partition coefficient (Wildman–Crippen LogP) is 4.03. The van der Waals surface area contributed by atoms with Gasteiger partial charge < -0.3 is 19.5 Å². The number of rotatable bonds is 4. The predicted molar refractivity (Wildman–Crippen MR) is 125 cm³/mol. The van der Waals surface area contributed by atoms with Gasteiger partial charge in [0, 0.05) is 47.5 Å². The van der Waals surface area contributed by atoms with Crippen LogP contribution in [-0.2, 0) is 4.74 Å². The van der Waals surface area contributed by atoms with E-state index in [0.717, 1.165) is 29.8 Å². The fraction of sp³-hybridized carbons (Fsp3) is 0.500. The van der Waals surface area contributed by atoms with E-state index in [1.165, 1.54) is 6.07 Å². The average molecular weight is 499 g/mol. The van der Waals surface area contributed by atoms with Crippen LogP contribution >= 0.6 is 0 Å². The van der Waals surface area contributed by atoms with E-state index in [1.54, 1.807) is 42.4 Å². The molecule has 6 rings (SSSR count). The average Bonchev–Trinajstić information content (AvgIpc) is 3.36. The molecule has 1 aromatic carbocycles. The van der Waals surface area contributed by atoms with E-state index >= 15 is 0 Å². The summed E-state index contributed by atoms with van der Waals surface area (Å²) in [5, 5.41) is 15.1. The maximum atomic E-state index is 13.3. The van der Waals surface area contributed by atoms with Gasteiger partial charge in [-0.3, -0.25) is 4.79 Å². The molecular formula is C26H28F2N4O4. The van der Waals surface area contributed by atoms with Gasteiger partial charge in [-0.1, -0.05) is 6.07 Å². The molecule has 10 heteroatoms. The number of benzene rings is 1. The molecule has 8 nitrogen and oxygen atoms in total. The van der Waals surface area contributed by atoms with Gasteiger partial charge in [-0.05, 0) is 51.3 Å². The van der Waals surface area contributed by atoms with E-state index in [4.69, 9.17) is 19.6 Å². The van der Waals surface area contributed by atoms with Crippen LogP contribution in [-0.4, -0.2) is 62.5 Å². The van der Waals surface area contributed by atoms with Gasteiger partial charge in [-0.15, -0.1) is 0 Å². The Balaban J connectivity index is 1.44. The topological polar surface area (TPSA) is 89.2 Å². The van der Waals surface area contributed by atoms with Gasteiger partial charge in [-0.2, -0.15) is 13.9 Å². The largest absolute Gasteiger partial charge is 0.434 e. The van der Waals surface area contributed by atoms with Crippen molar-refractivity contribution in [1.29, 1.82) is 0 Å². The summed E-state index contributed by atoms with van der Waals surface area (Å²) < 4.78 is 39.1. The smallest absolute Gasteiger partial charge is 0.387 e. The van der Waals surface area contributed by atoms with E-state index < -0.39 is 12.2 Å². The number of alkyl halides is 2. The molecule has 2 aromatic heterocycles. The molecule has 4 atom stereocenters. The first-order valence-corrected chi connectivity index (χ1v) is 12.2. The third-order valence-electron chi connectivity index (χ3n) is 7.82. The Kier molecular flexibility index (Phi) is 5.31. The number of ether oxygens (including phenoxy) is 2. The highest BCUT2D eigenvalue weighted by atomic mass is 19.3. The van der Waals surface area contributed by atoms with Crippen LogP contribution in [0.3, 0.4) is 0 Å². The molecule has 190 valence electrons. The van der Waals surface area contributed by atoms with Crippen molar-refractivity contribution in [2.24, 2.45) is 0 Å². The fourth-order valence-electron chi connectivity index (χ4n) is 6.00. The maximum Gasteiger partial charge on any atom is 0.387 e. The number of hydrogen-bond acceptors (Lipinski definition) is 6. The molecule has 1 amide bonds. The zero-order valence-corrected chi connectivity index (χ0v) is 20.3. The highest BCUT2D eigenvalue weighted by molar-refractivity contribution is 5.98. The van der Waals surface area contributed by atoms with E-state index in [9.17, 15) is 18.7 Å². The van der Waals surface area contributed by atoms with Crippen LogP contribution < -0.4 is 4.74 Å². The number of aromatic nitrogens is 3. The highest BCUT2D eigenvalue weighted by Gasteiger charge is 2.46. The Bertz CT molecular complexity index is 1340. The summed E-state index contributed by atoms with van der Waals surface area (Å²) in [4.78, 5) is 19.9. The van der Waals surface area contributed by atoms with Gasteiger partial charge in [0.2, 0.25) is 0 Å². The number of halogens is 2. The Labute approximate surface area is 206 Å². The Morgan fingerprint density at radius 1 is 1.22 bits per heavy atom. The maximum absolute atomic E-state index is 13.3. The molecule has 1 saturated heterocycles. The third-order valence-corrected chi connectivity index (χ3v) is 7.82. The zero-order valence-electron chi connectivity index (χ0n) is 20.3. The molecule has 4 heterocycles. The Hall–Kier alpha value is -3.11. The van der Waals surface area contributed by atoms with Crippen molar-refractivity contribution in [2.45, 2.75) is 69.3 Å². The lowest BCUT2D eigenvalue weighted by Gasteiger charge is -2.35. The molecule has 1 N–H and O–H groups in total. The van der Waals surface area contributed by atoms with Gasteiger partial charge in [0.05, 0.1) is 30.0 Å². The van der Waals surface area contributed by atoms with Crippen molar-refractivity contribution in [2.75, 3.05) is 13.7 Å². The highest BCUT2D eigenvalue weighted by Crippen LogP contribution is 2.53. The lowest BCUT2D eigenvalue weighted by atomic mass is 9.88. The number of aliphatic hydroxyl groups is 1. The first kappa shape index (κ1) is 23.3. The van der Waals surface area contributed by atoms with E-state index in [1.807, 2.05) is 12.3 Å². The minimum absolute atomic E-state index is 0.0107. The summed E-state index contributed by atoms with van der Waals surface area (Å²) in [5.74, 6) is -0.519. The first-order chi connectivity index (χ1) is 17.1. The molecule has 2 bridgehead atoms. The lowest BCUT2D eigenvalue weighted by molar-refractivity contribution is -0.113. The quantitative estimate of drug-likeness (QED) is 0.585. The lowest BCUT2D eigenvalue weighted by Crippen LogP contribution is -2.41. The monoisotopic (exact) mass is 498 g/mol. The number of carbonyl (C=O) groups excluding carboxylic acids is 1. The van der Waals surface area contributed by atoms with Crippen molar-refractivity contribution in [3.63, 3.8) is 0 Å². The second kappa shape index (κ2) is 8.21. The Morgan fingerprint density at radius 3 is 2.72 bits per heavy atom. The van der Waals surface area contributed by atoms with E-state index in [0.29, 0.717) is 29.8 Å². The van der Waals surface area contributed by atoms with Crippen LogP contribution in [0.4, 0.5) is 8.78 Å². The van der Waals surface area contributed by atoms with Gasteiger partial charge in [0.15, 0.2) is 5.65 Å². The second-order valence-corrected chi connectivity index (χ2v) is 10.5. The number of fused-ring (bicyclic) bond motifs is 9. The van der Waals surface area contributed by atoms with Crippen LogP contribution in [0.25, 0.3) is 5.65 Å². The van der Waals surface area contributed by atoms with E-state index in [-0.39, 0.29) is 35.6 Å². The standard InChI is InChI=1S/C26H28F2N4O4/c1-26(2,34)19-8-7-13(12-35-19)16-9-10-32-23(29-16)21-15-11-17(22(21)30-32)31(3)24(33)14-5-4-6-18(20(14)15)36-25(27)28/h4-6,9-10,13,15,17,19,25,34H,7-8,11-12H2,1-3H3. The summed E-state index contributed by atoms with van der Waals surface area (Å²) >= 11 is 0. The SMILES string of the molecule is CN1C(=O)c2cccc(OC(F)F)c2C2CC1c1nn3ccc(C4CCC(C(C)(C)O)OC4)nc3c12. The minimum Gasteiger partial charge on any atom is -0.434 e. The number of nitrogens with zero attached hydrogens (tertiary/aromatic N) is 4. The minimum atomic E-state index is -3.00. The Morgan fingerprint density at radius 2 is 2.03 bits per heavy atom. The van der Waals surface area contributed by atoms with Gasteiger partial charge in [0.1, 0.15) is 5.75 Å². The van der Waals surface area contributed by atoms with Crippen molar-refractivity contribution >= 4 is 11.6 Å². The molecule has 3 aliphatic rings. The molecule has 0 saturated carbocycles. The summed E-state index contributed by atoms with van der Waals surface area (Å²) in [7, 11) is 1.72. The number of hydrogen-bond donors (Lipinski definition) is 1. The number of carbonyl (C=O) groups is 1. The molecule has 0 radical (unpaired) electrons. The van der Waals surface area contributed by atoms with Gasteiger partial charge in [-0.25, -0.2) is 9.50 Å². The van der Waals surface area contributed by atoms with Gasteiger partial charge >= 0.3 is 6.61 Å². The molecule has 2 aliphatic heterocycles. The zero-order chi connectivity index (χ0) is 25.4. The summed E-state index contributed by atoms with van der Waals surface area (Å²) in [6, 6.07) is 6.35. The van der Waals surface area contributed by atoms with Crippen LogP contribution in [0, 0.1) is 0 Å². The molecule has 4 unspecified atom stereocenters. The summed E-state index contributed by atoms with van der Waals surface area (Å²) in [5.41, 5.74) is 3.02. The van der Waals surface area contributed by atoms with Crippen LogP contribution in [0.15, 0.2) is 30.5 Å². The van der Waals surface area contributed by atoms with Crippen molar-refractivity contribution < 1.29 is 28.2 Å². The normalized spacial score (nSPS) is 25.8. The van der Waals surface area contributed by atoms with Crippen molar-refractivity contribution in [3.8, 4) is 5.75 Å². The van der Waals surface area contributed by atoms with Gasteiger partial charge in [0.25, 0.3) is 5.91 Å². The number of amides is 1. The molecule has 0 spiro atoms. The summed E-state index contributed by atoms with van der Waals surface area (Å²) in [6.45, 7) is 0.956. The molecule has 1 fully saturated rings. The second-order valence-electron chi connectivity index (χ2n) is 10.5. The molecule has 3 aromatic rings. The molecule has 1 aliphatic carbocycles. The van der Waals surface area contributed by atoms with Crippen LogP contribution in [0.1, 0.15) is 83.9 Å².